The Morgan fingerprint density at radius 1 is 1.31 bits per heavy atom. The molecule has 0 radical (unpaired) electrons. The molecule has 0 fully saturated rings. The van der Waals surface area contributed by atoms with E-state index in [1.807, 2.05) is 35.1 Å². The van der Waals surface area contributed by atoms with Gasteiger partial charge in [-0.1, -0.05) is 12.1 Å². The molecule has 8 nitrogen and oxygen atoms in total. The van der Waals surface area contributed by atoms with Crippen molar-refractivity contribution in [3.8, 4) is 0 Å². The van der Waals surface area contributed by atoms with Gasteiger partial charge in [0.15, 0.2) is 11.5 Å². The largest absolute Gasteiger partial charge is 0.342 e. The van der Waals surface area contributed by atoms with Crippen molar-refractivity contribution in [2.75, 3.05) is 12.0 Å². The lowest BCUT2D eigenvalue weighted by Crippen LogP contribution is -2.30. The molecule has 0 aliphatic heterocycles. The van der Waals surface area contributed by atoms with Gasteiger partial charge in [-0.3, -0.25) is 19.3 Å². The molecule has 0 aliphatic carbocycles. The minimum absolute atomic E-state index is 0.119. The molecule has 3 rings (SSSR count). The smallest absolute Gasteiger partial charge is 0.270 e. The number of rotatable bonds is 7. The summed E-state index contributed by atoms with van der Waals surface area (Å²) in [4.78, 5) is 23.0. The number of pyridine rings is 1. The van der Waals surface area contributed by atoms with Crippen LogP contribution in [0.2, 0.25) is 0 Å². The second kappa shape index (κ2) is 7.96. The van der Waals surface area contributed by atoms with E-state index in [1.165, 1.54) is 18.2 Å². The SMILES string of the molecule is CSCC[C@@H](NC(=O)c1cccc([N+](=O)[O-])c1)c1nnc2ccccn12. The van der Waals surface area contributed by atoms with Crippen molar-refractivity contribution in [2.45, 2.75) is 12.5 Å². The predicted octanol–water partition coefficient (Wildman–Crippen LogP) is 2.86. The topological polar surface area (TPSA) is 102 Å². The molecule has 1 atom stereocenters. The number of carbonyl (C=O) groups excluding carboxylic acids is 1. The Morgan fingerprint density at radius 3 is 2.92 bits per heavy atom. The van der Waals surface area contributed by atoms with E-state index in [4.69, 9.17) is 0 Å². The van der Waals surface area contributed by atoms with Gasteiger partial charge >= 0.3 is 0 Å². The van der Waals surface area contributed by atoms with Crippen LogP contribution in [0.25, 0.3) is 5.65 Å². The van der Waals surface area contributed by atoms with E-state index >= 15 is 0 Å². The average Bonchev–Trinajstić information content (AvgIpc) is 3.09. The number of fused-ring (bicyclic) bond motifs is 1. The van der Waals surface area contributed by atoms with Crippen LogP contribution in [0.15, 0.2) is 48.7 Å². The van der Waals surface area contributed by atoms with Gasteiger partial charge in [-0.25, -0.2) is 0 Å². The van der Waals surface area contributed by atoms with Crippen molar-refractivity contribution in [1.29, 1.82) is 0 Å². The maximum absolute atomic E-state index is 12.6. The third-order valence-corrected chi connectivity index (χ3v) is 4.53. The van der Waals surface area contributed by atoms with Crippen molar-refractivity contribution in [3.63, 3.8) is 0 Å². The fraction of sp³-hybridized carbons (Fsp3) is 0.235. The Hall–Kier alpha value is -2.94. The van der Waals surface area contributed by atoms with E-state index in [1.54, 1.807) is 17.8 Å². The average molecular weight is 371 g/mol. The standard InChI is InChI=1S/C17H17N5O3S/c1-26-10-8-14(16-20-19-15-7-2-3-9-21(15)16)18-17(23)12-5-4-6-13(11-12)22(24)25/h2-7,9,11,14H,8,10H2,1H3,(H,18,23)/t14-/m1/s1. The highest BCUT2D eigenvalue weighted by Crippen LogP contribution is 2.20. The van der Waals surface area contributed by atoms with Crippen LogP contribution < -0.4 is 5.32 Å². The number of benzene rings is 1. The van der Waals surface area contributed by atoms with Crippen LogP contribution >= 0.6 is 11.8 Å². The van der Waals surface area contributed by atoms with Crippen molar-refractivity contribution in [3.05, 3.63) is 70.2 Å². The molecule has 0 saturated heterocycles. The zero-order valence-corrected chi connectivity index (χ0v) is 14.8. The highest BCUT2D eigenvalue weighted by Gasteiger charge is 2.21. The van der Waals surface area contributed by atoms with Crippen LogP contribution in [-0.4, -0.2) is 37.4 Å². The van der Waals surface area contributed by atoms with E-state index in [2.05, 4.69) is 15.5 Å². The van der Waals surface area contributed by atoms with E-state index in [0.717, 1.165) is 5.75 Å². The first-order valence-corrected chi connectivity index (χ1v) is 9.33. The van der Waals surface area contributed by atoms with Gasteiger partial charge in [0.25, 0.3) is 11.6 Å². The molecule has 26 heavy (non-hydrogen) atoms. The molecule has 134 valence electrons. The Bertz CT molecular complexity index is 943. The van der Waals surface area contributed by atoms with Crippen molar-refractivity contribution < 1.29 is 9.72 Å². The summed E-state index contributed by atoms with van der Waals surface area (Å²) in [6.07, 6.45) is 4.50. The Morgan fingerprint density at radius 2 is 2.15 bits per heavy atom. The third-order valence-electron chi connectivity index (χ3n) is 3.89. The quantitative estimate of drug-likeness (QED) is 0.506. The molecule has 1 amide bonds. The molecular formula is C17H17N5O3S. The molecule has 2 aromatic heterocycles. The van der Waals surface area contributed by atoms with Gasteiger partial charge in [0.2, 0.25) is 0 Å². The van der Waals surface area contributed by atoms with Gasteiger partial charge in [0, 0.05) is 23.9 Å². The maximum Gasteiger partial charge on any atom is 0.270 e. The maximum atomic E-state index is 12.6. The Labute approximate surface area is 153 Å². The molecule has 3 aromatic rings. The highest BCUT2D eigenvalue weighted by molar-refractivity contribution is 7.98. The van der Waals surface area contributed by atoms with E-state index < -0.39 is 4.92 Å². The lowest BCUT2D eigenvalue weighted by Gasteiger charge is -2.17. The highest BCUT2D eigenvalue weighted by atomic mass is 32.2. The molecule has 0 unspecified atom stereocenters. The first kappa shape index (κ1) is 17.9. The van der Waals surface area contributed by atoms with Crippen molar-refractivity contribution in [2.24, 2.45) is 0 Å². The first-order chi connectivity index (χ1) is 12.6. The normalized spacial score (nSPS) is 12.0. The summed E-state index contributed by atoms with van der Waals surface area (Å²) in [5.41, 5.74) is 0.815. The van der Waals surface area contributed by atoms with Crippen LogP contribution in [0, 0.1) is 10.1 Å². The minimum atomic E-state index is -0.520. The van der Waals surface area contributed by atoms with Gasteiger partial charge in [-0.05, 0) is 36.6 Å². The number of hydrogen-bond donors (Lipinski definition) is 1. The Balaban J connectivity index is 1.88. The fourth-order valence-corrected chi connectivity index (χ4v) is 3.07. The summed E-state index contributed by atoms with van der Waals surface area (Å²) >= 11 is 1.66. The van der Waals surface area contributed by atoms with E-state index in [9.17, 15) is 14.9 Å². The molecule has 9 heteroatoms. The van der Waals surface area contributed by atoms with Gasteiger partial charge < -0.3 is 5.32 Å². The monoisotopic (exact) mass is 371 g/mol. The second-order valence-electron chi connectivity index (χ2n) is 5.60. The molecule has 0 saturated carbocycles. The van der Waals surface area contributed by atoms with Crippen LogP contribution in [-0.2, 0) is 0 Å². The number of carbonyl (C=O) groups is 1. The second-order valence-corrected chi connectivity index (χ2v) is 6.59. The number of aromatic nitrogens is 3. The number of nitro groups is 1. The van der Waals surface area contributed by atoms with Crippen molar-refractivity contribution >= 4 is 29.0 Å². The zero-order valence-electron chi connectivity index (χ0n) is 14.0. The summed E-state index contributed by atoms with van der Waals surface area (Å²) < 4.78 is 1.83. The third kappa shape index (κ3) is 3.83. The van der Waals surface area contributed by atoms with Crippen LogP contribution in [0.3, 0.4) is 0 Å². The summed E-state index contributed by atoms with van der Waals surface area (Å²) in [5.74, 6) is 1.07. The van der Waals surface area contributed by atoms with Gasteiger partial charge in [-0.15, -0.1) is 10.2 Å². The summed E-state index contributed by atoms with van der Waals surface area (Å²) in [7, 11) is 0. The van der Waals surface area contributed by atoms with Crippen molar-refractivity contribution in [1.82, 2.24) is 19.9 Å². The molecule has 2 heterocycles. The summed E-state index contributed by atoms with van der Waals surface area (Å²) in [6.45, 7) is 0. The van der Waals surface area contributed by atoms with Crippen LogP contribution in [0.4, 0.5) is 5.69 Å². The number of nitrogens with zero attached hydrogens (tertiary/aromatic N) is 4. The molecule has 0 aliphatic rings. The molecule has 0 bridgehead atoms. The number of amides is 1. The first-order valence-electron chi connectivity index (χ1n) is 7.94. The molecular weight excluding hydrogens is 354 g/mol. The number of thioether (sulfide) groups is 1. The van der Waals surface area contributed by atoms with E-state index in [-0.39, 0.29) is 23.2 Å². The number of nitrogens with one attached hydrogen (secondary N) is 1. The zero-order chi connectivity index (χ0) is 18.5. The van der Waals surface area contributed by atoms with Gasteiger partial charge in [-0.2, -0.15) is 11.8 Å². The molecule has 0 spiro atoms. The number of hydrogen-bond acceptors (Lipinski definition) is 6. The van der Waals surface area contributed by atoms with Crippen LogP contribution in [0.1, 0.15) is 28.6 Å². The predicted molar refractivity (Wildman–Crippen MR) is 99.3 cm³/mol. The van der Waals surface area contributed by atoms with Gasteiger partial charge in [0.1, 0.15) is 0 Å². The summed E-state index contributed by atoms with van der Waals surface area (Å²) in [5, 5.41) is 22.2. The number of nitro benzene ring substituents is 1. The number of non-ortho nitro benzene ring substituents is 1. The summed E-state index contributed by atoms with van der Waals surface area (Å²) in [6, 6.07) is 10.9. The minimum Gasteiger partial charge on any atom is -0.342 e. The molecule has 1 N–H and O–H groups in total. The lowest BCUT2D eigenvalue weighted by molar-refractivity contribution is -0.384. The molecule has 1 aromatic carbocycles. The van der Waals surface area contributed by atoms with Crippen LogP contribution in [0.5, 0.6) is 0 Å². The Kier molecular flexibility index (Phi) is 5.47. The van der Waals surface area contributed by atoms with Gasteiger partial charge in [0.05, 0.1) is 11.0 Å². The van der Waals surface area contributed by atoms with E-state index in [0.29, 0.717) is 17.9 Å². The fourth-order valence-electron chi connectivity index (χ4n) is 2.60. The lowest BCUT2D eigenvalue weighted by atomic mass is 10.1.